The first-order chi connectivity index (χ1) is 10.6. The minimum atomic E-state index is -0.539. The molecular formula is C15H19N5O2. The number of nitrogens with one attached hydrogen (secondary N) is 1. The number of fused-ring (bicyclic) bond motifs is 1. The highest BCUT2D eigenvalue weighted by Gasteiger charge is 2.24. The highest BCUT2D eigenvalue weighted by Crippen LogP contribution is 2.31. The molecule has 2 unspecified atom stereocenters. The second-order valence-corrected chi connectivity index (χ2v) is 5.89. The molecule has 2 aromatic heterocycles. The number of hydrogen-bond donors (Lipinski definition) is 2. The summed E-state index contributed by atoms with van der Waals surface area (Å²) in [6, 6.07) is 3.59. The molecule has 0 bridgehead atoms. The Morgan fingerprint density at radius 3 is 2.86 bits per heavy atom. The Labute approximate surface area is 127 Å². The molecule has 0 spiro atoms. The Kier molecular flexibility index (Phi) is 3.79. The molecule has 2 atom stereocenters. The lowest BCUT2D eigenvalue weighted by Gasteiger charge is -2.31. The van der Waals surface area contributed by atoms with Crippen molar-refractivity contribution in [1.82, 2.24) is 9.61 Å². The van der Waals surface area contributed by atoms with E-state index >= 15 is 0 Å². The van der Waals surface area contributed by atoms with Gasteiger partial charge in [0.25, 0.3) is 5.91 Å². The van der Waals surface area contributed by atoms with Crippen LogP contribution in [0, 0.1) is 10.8 Å². The van der Waals surface area contributed by atoms with Gasteiger partial charge in [-0.1, -0.05) is 19.8 Å². The molecule has 7 nitrogen and oxygen atoms in total. The summed E-state index contributed by atoms with van der Waals surface area (Å²) in [6.45, 7) is 2.20. The largest absolute Gasteiger partial charge is 0.380 e. The number of anilines is 1. The number of nitrogens with two attached hydrogens (primary N) is 1. The van der Waals surface area contributed by atoms with Crippen LogP contribution in [0.3, 0.4) is 0 Å². The van der Waals surface area contributed by atoms with Crippen molar-refractivity contribution in [3.8, 4) is 0 Å². The standard InChI is InChI=1S/C15H19N5O2/c1-9-4-2-3-5-11(9)18-14-10(15(16)21)8-17-20-12(14)6-7-13(20)19-22/h6-9,11,18H,2-5H2,1H3,(H2,16,21). The van der Waals surface area contributed by atoms with Crippen molar-refractivity contribution >= 4 is 22.9 Å². The summed E-state index contributed by atoms with van der Waals surface area (Å²) < 4.78 is 1.43. The fourth-order valence-corrected chi connectivity index (χ4v) is 3.17. The zero-order chi connectivity index (χ0) is 15.7. The van der Waals surface area contributed by atoms with E-state index in [0.717, 1.165) is 19.3 Å². The van der Waals surface area contributed by atoms with E-state index in [1.54, 1.807) is 12.1 Å². The van der Waals surface area contributed by atoms with Crippen LogP contribution >= 0.6 is 0 Å². The molecule has 1 aliphatic carbocycles. The van der Waals surface area contributed by atoms with E-state index in [1.165, 1.54) is 17.1 Å². The van der Waals surface area contributed by atoms with Gasteiger partial charge in [0, 0.05) is 6.04 Å². The summed E-state index contributed by atoms with van der Waals surface area (Å²) in [5.41, 5.74) is 7.08. The van der Waals surface area contributed by atoms with Gasteiger partial charge in [0.2, 0.25) is 0 Å². The lowest BCUT2D eigenvalue weighted by Crippen LogP contribution is -2.31. The number of hydrogen-bond acceptors (Lipinski definition) is 5. The van der Waals surface area contributed by atoms with Crippen molar-refractivity contribution < 1.29 is 4.79 Å². The van der Waals surface area contributed by atoms with Crippen LogP contribution < -0.4 is 11.1 Å². The third-order valence-corrected chi connectivity index (χ3v) is 4.46. The van der Waals surface area contributed by atoms with E-state index in [-0.39, 0.29) is 11.9 Å². The molecular weight excluding hydrogens is 282 g/mol. The van der Waals surface area contributed by atoms with E-state index in [0.29, 0.717) is 22.7 Å². The van der Waals surface area contributed by atoms with Gasteiger partial charge in [0.1, 0.15) is 0 Å². The van der Waals surface area contributed by atoms with Gasteiger partial charge >= 0.3 is 0 Å². The molecule has 7 heteroatoms. The van der Waals surface area contributed by atoms with Crippen LogP contribution in [0.5, 0.6) is 0 Å². The summed E-state index contributed by atoms with van der Waals surface area (Å²) in [7, 11) is 0. The third-order valence-electron chi connectivity index (χ3n) is 4.46. The Balaban J connectivity index is 2.08. The SMILES string of the molecule is CC1CCCCC1Nc1c(C(N)=O)cnn2c(N=O)ccc12. The molecule has 2 heterocycles. The van der Waals surface area contributed by atoms with Crippen LogP contribution in [0.15, 0.2) is 23.5 Å². The van der Waals surface area contributed by atoms with Crippen molar-refractivity contribution in [1.29, 1.82) is 0 Å². The van der Waals surface area contributed by atoms with E-state index in [9.17, 15) is 9.70 Å². The van der Waals surface area contributed by atoms with E-state index in [1.807, 2.05) is 0 Å². The Hall–Kier alpha value is -2.44. The number of carbonyl (C=O) groups is 1. The Morgan fingerprint density at radius 2 is 2.18 bits per heavy atom. The van der Waals surface area contributed by atoms with Crippen LogP contribution in [-0.4, -0.2) is 21.6 Å². The van der Waals surface area contributed by atoms with Gasteiger partial charge in [-0.05, 0) is 36.1 Å². The molecule has 0 radical (unpaired) electrons. The lowest BCUT2D eigenvalue weighted by molar-refractivity contribution is 0.100. The van der Waals surface area contributed by atoms with Gasteiger partial charge in [-0.2, -0.15) is 5.10 Å². The summed E-state index contributed by atoms with van der Waals surface area (Å²) in [4.78, 5) is 22.5. The average molecular weight is 301 g/mol. The van der Waals surface area contributed by atoms with Gasteiger partial charge in [-0.15, -0.1) is 4.91 Å². The van der Waals surface area contributed by atoms with Crippen LogP contribution in [0.4, 0.5) is 11.5 Å². The number of nitroso groups, excluding NO2 is 1. The number of amides is 1. The normalized spacial score (nSPS) is 21.7. The fraction of sp³-hybridized carbons (Fsp3) is 0.467. The molecule has 1 saturated carbocycles. The molecule has 2 aromatic rings. The predicted molar refractivity (Wildman–Crippen MR) is 84.2 cm³/mol. The van der Waals surface area contributed by atoms with Gasteiger partial charge in [0.05, 0.1) is 23.0 Å². The molecule has 1 amide bonds. The van der Waals surface area contributed by atoms with Gasteiger partial charge < -0.3 is 11.1 Å². The lowest BCUT2D eigenvalue weighted by atomic mass is 9.85. The van der Waals surface area contributed by atoms with Crippen LogP contribution in [-0.2, 0) is 0 Å². The first kappa shape index (κ1) is 14.5. The van der Waals surface area contributed by atoms with Gasteiger partial charge in [0.15, 0.2) is 5.82 Å². The summed E-state index contributed by atoms with van der Waals surface area (Å²) in [5.74, 6) is 0.176. The predicted octanol–water partition coefficient (Wildman–Crippen LogP) is 2.82. The zero-order valence-corrected chi connectivity index (χ0v) is 12.5. The summed E-state index contributed by atoms with van der Waals surface area (Å²) >= 11 is 0. The molecule has 3 N–H and O–H groups in total. The zero-order valence-electron chi connectivity index (χ0n) is 12.5. The third kappa shape index (κ3) is 2.43. The topological polar surface area (TPSA) is 102 Å². The molecule has 1 fully saturated rings. The molecule has 3 rings (SSSR count). The highest BCUT2D eigenvalue weighted by molar-refractivity contribution is 6.02. The second kappa shape index (κ2) is 5.75. The summed E-state index contributed by atoms with van der Waals surface area (Å²) in [5, 5.41) is 10.5. The monoisotopic (exact) mass is 301 g/mol. The smallest absolute Gasteiger partial charge is 0.252 e. The molecule has 1 aliphatic rings. The molecule has 0 aromatic carbocycles. The van der Waals surface area contributed by atoms with Crippen molar-refractivity contribution in [3.05, 3.63) is 28.8 Å². The van der Waals surface area contributed by atoms with E-state index in [4.69, 9.17) is 5.73 Å². The fourth-order valence-electron chi connectivity index (χ4n) is 3.17. The first-order valence-corrected chi connectivity index (χ1v) is 7.52. The number of aromatic nitrogens is 2. The number of rotatable bonds is 4. The van der Waals surface area contributed by atoms with Crippen molar-refractivity contribution in [2.75, 3.05) is 5.32 Å². The van der Waals surface area contributed by atoms with Crippen LogP contribution in [0.1, 0.15) is 43.0 Å². The maximum Gasteiger partial charge on any atom is 0.252 e. The van der Waals surface area contributed by atoms with Crippen LogP contribution in [0.25, 0.3) is 5.52 Å². The summed E-state index contributed by atoms with van der Waals surface area (Å²) in [6.07, 6.45) is 6.00. The number of carbonyl (C=O) groups excluding carboxylic acids is 1. The first-order valence-electron chi connectivity index (χ1n) is 7.52. The number of nitrogens with zero attached hydrogens (tertiary/aromatic N) is 3. The molecule has 22 heavy (non-hydrogen) atoms. The minimum absolute atomic E-state index is 0.200. The van der Waals surface area contributed by atoms with Gasteiger partial charge in [-0.3, -0.25) is 4.79 Å². The van der Waals surface area contributed by atoms with E-state index < -0.39 is 5.91 Å². The van der Waals surface area contributed by atoms with Crippen LogP contribution in [0.2, 0.25) is 0 Å². The van der Waals surface area contributed by atoms with E-state index in [2.05, 4.69) is 22.5 Å². The van der Waals surface area contributed by atoms with Crippen molar-refractivity contribution in [2.45, 2.75) is 38.6 Å². The second-order valence-electron chi connectivity index (χ2n) is 5.89. The molecule has 0 saturated heterocycles. The Bertz CT molecular complexity index is 724. The maximum absolute atomic E-state index is 11.7. The number of primary amides is 1. The van der Waals surface area contributed by atoms with Crippen molar-refractivity contribution in [2.24, 2.45) is 16.8 Å². The molecule has 116 valence electrons. The molecule has 0 aliphatic heterocycles. The quantitative estimate of drug-likeness (QED) is 0.847. The maximum atomic E-state index is 11.7. The Morgan fingerprint density at radius 1 is 1.41 bits per heavy atom. The highest BCUT2D eigenvalue weighted by atomic mass is 16.3. The van der Waals surface area contributed by atoms with Crippen molar-refractivity contribution in [3.63, 3.8) is 0 Å². The minimum Gasteiger partial charge on any atom is -0.380 e. The average Bonchev–Trinajstić information content (AvgIpc) is 2.93. The van der Waals surface area contributed by atoms with Gasteiger partial charge in [-0.25, -0.2) is 4.52 Å².